The highest BCUT2D eigenvalue weighted by Gasteiger charge is 2.40. The fourth-order valence-corrected chi connectivity index (χ4v) is 5.02. The molecule has 0 spiro atoms. The molecular formula is C22H30N6O4. The molecule has 4 heterocycles. The van der Waals surface area contributed by atoms with E-state index in [1.54, 1.807) is 6.92 Å². The molecule has 0 amide bonds. The van der Waals surface area contributed by atoms with Crippen molar-refractivity contribution in [1.29, 1.82) is 0 Å². The normalized spacial score (nSPS) is 22.9. The van der Waals surface area contributed by atoms with Crippen molar-refractivity contribution in [2.24, 2.45) is 0 Å². The monoisotopic (exact) mass is 442 g/mol. The molecule has 10 heteroatoms. The molecule has 0 aromatic carbocycles. The van der Waals surface area contributed by atoms with Crippen LogP contribution < -0.4 is 15.6 Å². The minimum atomic E-state index is -0.347. The SMILES string of the molecule is CCOC(=O)Cn1c(CC)c(N2CCN[C@H]3CC[C@@H]32)c(=O)c2nn(C3=CCOCC3)nc21. The standard InChI is InChI=1S/C22H30N6O4/c1-3-16-20(26-10-9-23-15-5-6-17(15)26)21(30)19-22(27(16)13-18(29)32-4-2)25-28(24-19)14-7-11-31-12-8-14/h7,15,17,23H,3-6,8-13H2,1-2H3/t15-,17-/m0/s1. The Morgan fingerprint density at radius 3 is 2.88 bits per heavy atom. The van der Waals surface area contributed by atoms with E-state index in [0.29, 0.717) is 61.6 Å². The molecule has 2 fully saturated rings. The van der Waals surface area contributed by atoms with E-state index >= 15 is 0 Å². The van der Waals surface area contributed by atoms with E-state index in [-0.39, 0.29) is 17.9 Å². The summed E-state index contributed by atoms with van der Waals surface area (Å²) < 4.78 is 12.5. The zero-order chi connectivity index (χ0) is 22.2. The number of piperazine rings is 1. The predicted octanol–water partition coefficient (Wildman–Crippen LogP) is 0.920. The molecule has 1 aliphatic carbocycles. The summed E-state index contributed by atoms with van der Waals surface area (Å²) in [5.74, 6) is -0.347. The van der Waals surface area contributed by atoms with Crippen LogP contribution >= 0.6 is 0 Å². The zero-order valence-corrected chi connectivity index (χ0v) is 18.7. The maximum absolute atomic E-state index is 13.8. The molecule has 5 rings (SSSR count). The van der Waals surface area contributed by atoms with Crippen molar-refractivity contribution < 1.29 is 14.3 Å². The van der Waals surface area contributed by atoms with Gasteiger partial charge in [-0.1, -0.05) is 6.92 Å². The van der Waals surface area contributed by atoms with E-state index in [4.69, 9.17) is 9.47 Å². The largest absolute Gasteiger partial charge is 0.465 e. The van der Waals surface area contributed by atoms with Gasteiger partial charge in [0.1, 0.15) is 12.2 Å². The molecular weight excluding hydrogens is 412 g/mol. The number of anilines is 1. The molecule has 2 aromatic heterocycles. The Morgan fingerprint density at radius 2 is 2.19 bits per heavy atom. The molecule has 1 saturated carbocycles. The quantitative estimate of drug-likeness (QED) is 0.659. The number of carbonyl (C=O) groups is 1. The van der Waals surface area contributed by atoms with Crippen molar-refractivity contribution >= 4 is 28.5 Å². The van der Waals surface area contributed by atoms with Crippen LogP contribution in [0, 0.1) is 0 Å². The third-order valence-electron chi connectivity index (χ3n) is 6.69. The highest BCUT2D eigenvalue weighted by molar-refractivity contribution is 5.80. The van der Waals surface area contributed by atoms with Crippen LogP contribution in [0.15, 0.2) is 10.9 Å². The minimum Gasteiger partial charge on any atom is -0.465 e. The summed E-state index contributed by atoms with van der Waals surface area (Å²) in [5.41, 5.74) is 2.99. The third-order valence-corrected chi connectivity index (χ3v) is 6.69. The number of hydrogen-bond donors (Lipinski definition) is 1. The first-order valence-corrected chi connectivity index (χ1v) is 11.6. The summed E-state index contributed by atoms with van der Waals surface area (Å²) in [6.45, 7) is 6.78. The van der Waals surface area contributed by atoms with Gasteiger partial charge in [0.15, 0.2) is 11.2 Å². The van der Waals surface area contributed by atoms with E-state index in [1.165, 1.54) is 4.80 Å². The van der Waals surface area contributed by atoms with Crippen molar-refractivity contribution in [3.8, 4) is 0 Å². The first-order valence-electron chi connectivity index (χ1n) is 11.6. The van der Waals surface area contributed by atoms with Crippen LogP contribution in [-0.2, 0) is 27.2 Å². The summed E-state index contributed by atoms with van der Waals surface area (Å²) in [7, 11) is 0. The highest BCUT2D eigenvalue weighted by Crippen LogP contribution is 2.33. The molecule has 0 radical (unpaired) electrons. The number of rotatable bonds is 6. The topological polar surface area (TPSA) is 104 Å². The van der Waals surface area contributed by atoms with Gasteiger partial charge in [0.05, 0.1) is 25.5 Å². The van der Waals surface area contributed by atoms with Gasteiger partial charge in [-0.05, 0) is 32.3 Å². The van der Waals surface area contributed by atoms with Crippen LogP contribution in [0.3, 0.4) is 0 Å². The average Bonchev–Trinajstić information content (AvgIpc) is 3.23. The molecule has 0 bridgehead atoms. The lowest BCUT2D eigenvalue weighted by Crippen LogP contribution is -2.64. The molecule has 1 saturated heterocycles. The van der Waals surface area contributed by atoms with Crippen molar-refractivity contribution in [3.05, 3.63) is 22.0 Å². The number of carbonyl (C=O) groups excluding carboxylic acids is 1. The molecule has 2 aliphatic heterocycles. The fraction of sp³-hybridized carbons (Fsp3) is 0.636. The predicted molar refractivity (Wildman–Crippen MR) is 120 cm³/mol. The second-order valence-electron chi connectivity index (χ2n) is 8.45. The van der Waals surface area contributed by atoms with Gasteiger partial charge in [-0.25, -0.2) is 0 Å². The van der Waals surface area contributed by atoms with Gasteiger partial charge in [-0.15, -0.1) is 10.2 Å². The van der Waals surface area contributed by atoms with Gasteiger partial charge in [-0.3, -0.25) is 9.59 Å². The summed E-state index contributed by atoms with van der Waals surface area (Å²) in [5, 5.41) is 12.8. The Labute approximate surface area is 186 Å². The van der Waals surface area contributed by atoms with Crippen LogP contribution in [0.2, 0.25) is 0 Å². The molecule has 32 heavy (non-hydrogen) atoms. The lowest BCUT2D eigenvalue weighted by atomic mass is 9.83. The third kappa shape index (κ3) is 3.51. The number of nitrogens with zero attached hydrogens (tertiary/aromatic N) is 5. The molecule has 172 valence electrons. The van der Waals surface area contributed by atoms with Gasteiger partial charge in [0, 0.05) is 37.3 Å². The Bertz CT molecular complexity index is 1120. The van der Waals surface area contributed by atoms with E-state index in [1.807, 2.05) is 17.6 Å². The first kappa shape index (κ1) is 21.1. The molecule has 10 nitrogen and oxygen atoms in total. The second-order valence-corrected chi connectivity index (χ2v) is 8.45. The summed E-state index contributed by atoms with van der Waals surface area (Å²) >= 11 is 0. The summed E-state index contributed by atoms with van der Waals surface area (Å²) in [6.07, 6.45) is 5.37. The van der Waals surface area contributed by atoms with E-state index in [2.05, 4.69) is 20.4 Å². The number of aromatic nitrogens is 4. The lowest BCUT2D eigenvalue weighted by molar-refractivity contribution is -0.143. The average molecular weight is 443 g/mol. The molecule has 3 aliphatic rings. The number of fused-ring (bicyclic) bond motifs is 2. The Morgan fingerprint density at radius 1 is 1.31 bits per heavy atom. The highest BCUT2D eigenvalue weighted by atomic mass is 16.5. The Kier molecular flexibility index (Phi) is 5.73. The van der Waals surface area contributed by atoms with E-state index in [0.717, 1.165) is 37.3 Å². The number of esters is 1. The van der Waals surface area contributed by atoms with Crippen molar-refractivity contribution in [1.82, 2.24) is 24.9 Å². The van der Waals surface area contributed by atoms with E-state index in [9.17, 15) is 9.59 Å². The van der Waals surface area contributed by atoms with E-state index < -0.39 is 0 Å². The fourth-order valence-electron chi connectivity index (χ4n) is 5.02. The molecule has 2 aromatic rings. The number of pyridine rings is 1. The maximum atomic E-state index is 13.8. The van der Waals surface area contributed by atoms with Crippen LogP contribution in [0.1, 0.15) is 38.8 Å². The van der Waals surface area contributed by atoms with Crippen molar-refractivity contribution in [3.63, 3.8) is 0 Å². The van der Waals surface area contributed by atoms with Gasteiger partial charge in [0.25, 0.3) is 0 Å². The summed E-state index contributed by atoms with van der Waals surface area (Å²) in [4.78, 5) is 30.1. The second kappa shape index (κ2) is 8.67. The van der Waals surface area contributed by atoms with Crippen LogP contribution in [0.25, 0.3) is 16.9 Å². The van der Waals surface area contributed by atoms with Crippen molar-refractivity contribution in [2.75, 3.05) is 37.8 Å². The van der Waals surface area contributed by atoms with Gasteiger partial charge in [0.2, 0.25) is 5.43 Å². The number of ether oxygens (including phenoxy) is 2. The minimum absolute atomic E-state index is 0.00182. The maximum Gasteiger partial charge on any atom is 0.326 e. The molecule has 0 unspecified atom stereocenters. The lowest BCUT2D eigenvalue weighted by Gasteiger charge is -2.50. The first-order chi connectivity index (χ1) is 15.6. The Hall–Kier alpha value is -2.72. The number of nitrogens with one attached hydrogen (secondary N) is 1. The summed E-state index contributed by atoms with van der Waals surface area (Å²) in [6, 6.07) is 0.702. The van der Waals surface area contributed by atoms with Gasteiger partial charge < -0.3 is 24.3 Å². The zero-order valence-electron chi connectivity index (χ0n) is 18.7. The molecule has 2 atom stereocenters. The molecule has 1 N–H and O–H groups in total. The van der Waals surface area contributed by atoms with Crippen LogP contribution in [-0.4, -0.2) is 70.5 Å². The van der Waals surface area contributed by atoms with Crippen LogP contribution in [0.4, 0.5) is 5.69 Å². The van der Waals surface area contributed by atoms with Gasteiger partial charge in [-0.2, -0.15) is 4.80 Å². The smallest absolute Gasteiger partial charge is 0.326 e. The van der Waals surface area contributed by atoms with Gasteiger partial charge >= 0.3 is 5.97 Å². The van der Waals surface area contributed by atoms with Crippen molar-refractivity contribution in [2.45, 2.75) is 58.2 Å². The Balaban J connectivity index is 1.70. The van der Waals surface area contributed by atoms with Crippen LogP contribution in [0.5, 0.6) is 0 Å². The number of hydrogen-bond acceptors (Lipinski definition) is 8.